The summed E-state index contributed by atoms with van der Waals surface area (Å²) in [6, 6.07) is 8.28. The molecule has 6 nitrogen and oxygen atoms in total. The lowest BCUT2D eigenvalue weighted by Gasteiger charge is -2.21. The number of nitrogens with zero attached hydrogens (tertiary/aromatic N) is 2. The summed E-state index contributed by atoms with van der Waals surface area (Å²) in [6.45, 7) is 1.55. The Morgan fingerprint density at radius 2 is 1.50 bits per heavy atom. The van der Waals surface area contributed by atoms with E-state index in [9.17, 15) is 19.8 Å². The number of ketones is 2. The minimum Gasteiger partial charge on any atom is -0.506 e. The van der Waals surface area contributed by atoms with E-state index < -0.39 is 11.6 Å². The van der Waals surface area contributed by atoms with Gasteiger partial charge in [-0.05, 0) is 39.5 Å². The Kier molecular flexibility index (Phi) is 4.43. The Hall–Kier alpha value is -3.12. The number of aromatic nitrogens is 1. The summed E-state index contributed by atoms with van der Waals surface area (Å²) < 4.78 is 1.78. The van der Waals surface area contributed by atoms with Crippen molar-refractivity contribution in [3.8, 4) is 11.5 Å². The summed E-state index contributed by atoms with van der Waals surface area (Å²) in [5.41, 5.74) is 0.337. The number of phenolic OH excluding ortho intramolecular Hbond substituents is 2. The van der Waals surface area contributed by atoms with Crippen LogP contribution < -0.4 is 0 Å². The highest BCUT2D eigenvalue weighted by molar-refractivity contribution is 6.32. The zero-order valence-corrected chi connectivity index (χ0v) is 15.9. The van der Waals surface area contributed by atoms with Crippen LogP contribution in [0.4, 0.5) is 0 Å². The highest BCUT2D eigenvalue weighted by atomic mass is 16.3. The monoisotopic (exact) mass is 378 g/mol. The molecule has 0 bridgehead atoms. The topological polar surface area (TPSA) is 82.8 Å². The van der Waals surface area contributed by atoms with E-state index in [2.05, 4.69) is 4.90 Å². The molecule has 1 aliphatic carbocycles. The number of hydrogen-bond donors (Lipinski definition) is 2. The number of carbonyl (C=O) groups excluding carboxylic acids is 2. The molecule has 0 atom stereocenters. The molecule has 0 saturated carbocycles. The summed E-state index contributed by atoms with van der Waals surface area (Å²) in [5, 5.41) is 22.1. The second kappa shape index (κ2) is 6.80. The number of benzene rings is 2. The van der Waals surface area contributed by atoms with E-state index >= 15 is 0 Å². The van der Waals surface area contributed by atoms with Gasteiger partial charge in [0.05, 0.1) is 16.7 Å². The Labute approximate surface area is 162 Å². The number of hydrogen-bond acceptors (Lipinski definition) is 5. The first-order valence-corrected chi connectivity index (χ1v) is 9.31. The average molecular weight is 378 g/mol. The fraction of sp³-hybridized carbons (Fsp3) is 0.273. The normalized spacial score (nSPS) is 13.2. The van der Waals surface area contributed by atoms with Crippen molar-refractivity contribution >= 4 is 22.3 Å². The van der Waals surface area contributed by atoms with Gasteiger partial charge in [0.25, 0.3) is 0 Å². The first-order chi connectivity index (χ1) is 13.4. The van der Waals surface area contributed by atoms with Gasteiger partial charge in [0.1, 0.15) is 17.2 Å². The average Bonchev–Trinajstić information content (AvgIpc) is 3.10. The van der Waals surface area contributed by atoms with Gasteiger partial charge in [-0.1, -0.05) is 24.3 Å². The van der Waals surface area contributed by atoms with E-state index in [-0.39, 0.29) is 33.9 Å². The fourth-order valence-corrected chi connectivity index (χ4v) is 3.90. The van der Waals surface area contributed by atoms with E-state index in [4.69, 9.17) is 0 Å². The van der Waals surface area contributed by atoms with Gasteiger partial charge in [-0.15, -0.1) is 0 Å². The molecule has 0 amide bonds. The molecular weight excluding hydrogens is 356 g/mol. The van der Waals surface area contributed by atoms with Gasteiger partial charge in [0.15, 0.2) is 5.78 Å². The first kappa shape index (κ1) is 18.3. The summed E-state index contributed by atoms with van der Waals surface area (Å²) in [7, 11) is 4.02. The van der Waals surface area contributed by atoms with Crippen molar-refractivity contribution in [2.24, 2.45) is 0 Å². The Balaban J connectivity index is 1.79. The van der Waals surface area contributed by atoms with Crippen molar-refractivity contribution in [2.45, 2.75) is 19.4 Å². The van der Waals surface area contributed by atoms with Gasteiger partial charge in [0, 0.05) is 23.5 Å². The molecule has 2 aromatic carbocycles. The molecular formula is C22H22N2O4. The van der Waals surface area contributed by atoms with Crippen LogP contribution in [0.5, 0.6) is 11.5 Å². The van der Waals surface area contributed by atoms with Crippen molar-refractivity contribution < 1.29 is 19.8 Å². The lowest BCUT2D eigenvalue weighted by molar-refractivity contribution is 0.0969. The maximum atomic E-state index is 13.2. The molecule has 2 N–H and O–H groups in total. The van der Waals surface area contributed by atoms with Crippen molar-refractivity contribution in [3.05, 3.63) is 58.9 Å². The molecule has 0 spiro atoms. The third-order valence-corrected chi connectivity index (χ3v) is 5.29. The Morgan fingerprint density at radius 1 is 0.893 bits per heavy atom. The number of aromatic hydroxyl groups is 2. The lowest BCUT2D eigenvalue weighted by atomic mass is 9.84. The van der Waals surface area contributed by atoms with Gasteiger partial charge in [-0.25, -0.2) is 0 Å². The van der Waals surface area contributed by atoms with Gasteiger partial charge in [0.2, 0.25) is 5.78 Å². The molecule has 0 aliphatic heterocycles. The third kappa shape index (κ3) is 2.68. The molecule has 144 valence electrons. The molecule has 4 rings (SSSR count). The van der Waals surface area contributed by atoms with E-state index in [1.807, 2.05) is 14.1 Å². The summed E-state index contributed by atoms with van der Waals surface area (Å²) in [4.78, 5) is 28.4. The highest BCUT2D eigenvalue weighted by Gasteiger charge is 2.38. The maximum absolute atomic E-state index is 13.2. The minimum atomic E-state index is -0.435. The van der Waals surface area contributed by atoms with E-state index in [0.717, 1.165) is 19.4 Å². The van der Waals surface area contributed by atoms with Crippen LogP contribution in [0.3, 0.4) is 0 Å². The van der Waals surface area contributed by atoms with Gasteiger partial charge in [-0.2, -0.15) is 0 Å². The molecule has 1 heterocycles. The van der Waals surface area contributed by atoms with Gasteiger partial charge >= 0.3 is 0 Å². The lowest BCUT2D eigenvalue weighted by Crippen LogP contribution is -2.23. The first-order valence-electron chi connectivity index (χ1n) is 9.31. The summed E-state index contributed by atoms with van der Waals surface area (Å²) >= 11 is 0. The maximum Gasteiger partial charge on any atom is 0.214 e. The number of rotatable bonds is 5. The van der Waals surface area contributed by atoms with Crippen LogP contribution in [-0.2, 0) is 6.54 Å². The number of fused-ring (bicyclic) bond motifs is 3. The van der Waals surface area contributed by atoms with Crippen LogP contribution in [-0.4, -0.2) is 51.9 Å². The van der Waals surface area contributed by atoms with Crippen molar-refractivity contribution in [1.29, 1.82) is 0 Å². The molecule has 3 aromatic rings. The van der Waals surface area contributed by atoms with Crippen LogP contribution >= 0.6 is 0 Å². The van der Waals surface area contributed by atoms with Crippen LogP contribution in [0.15, 0.2) is 36.5 Å². The second-order valence-corrected chi connectivity index (χ2v) is 7.43. The smallest absolute Gasteiger partial charge is 0.214 e. The molecule has 0 saturated heterocycles. The van der Waals surface area contributed by atoms with Gasteiger partial charge in [-0.3, -0.25) is 9.59 Å². The van der Waals surface area contributed by atoms with Crippen molar-refractivity contribution in [3.63, 3.8) is 0 Å². The quantitative estimate of drug-likeness (QED) is 0.412. The third-order valence-electron chi connectivity index (χ3n) is 5.29. The molecule has 6 heteroatoms. The molecule has 0 fully saturated rings. The SMILES string of the molecule is CN(C)CCCCn1ccc2c1C(=O)c1c(c(O)c3ccccc3c1O)C2=O. The van der Waals surface area contributed by atoms with E-state index in [1.54, 1.807) is 41.1 Å². The van der Waals surface area contributed by atoms with Crippen molar-refractivity contribution in [1.82, 2.24) is 9.47 Å². The van der Waals surface area contributed by atoms with E-state index in [1.165, 1.54) is 0 Å². The highest BCUT2D eigenvalue weighted by Crippen LogP contribution is 2.44. The number of aryl methyl sites for hydroxylation is 1. The summed E-state index contributed by atoms with van der Waals surface area (Å²) in [5.74, 6) is -1.38. The molecule has 0 radical (unpaired) electrons. The number of carbonyl (C=O) groups is 2. The zero-order valence-electron chi connectivity index (χ0n) is 15.9. The fourth-order valence-electron chi connectivity index (χ4n) is 3.90. The molecule has 28 heavy (non-hydrogen) atoms. The Morgan fingerprint density at radius 3 is 2.11 bits per heavy atom. The molecule has 1 aromatic heterocycles. The van der Waals surface area contributed by atoms with Crippen LogP contribution in [0.1, 0.15) is 44.8 Å². The van der Waals surface area contributed by atoms with Crippen molar-refractivity contribution in [2.75, 3.05) is 20.6 Å². The number of phenols is 2. The van der Waals surface area contributed by atoms with Gasteiger partial charge < -0.3 is 19.7 Å². The minimum absolute atomic E-state index is 0.109. The predicted octanol–water partition coefficient (Wildman–Crippen LogP) is 3.17. The summed E-state index contributed by atoms with van der Waals surface area (Å²) in [6.07, 6.45) is 3.56. The molecule has 1 aliphatic rings. The van der Waals surface area contributed by atoms with Crippen LogP contribution in [0.2, 0.25) is 0 Å². The Bertz CT molecular complexity index is 1110. The van der Waals surface area contributed by atoms with Crippen LogP contribution in [0, 0.1) is 0 Å². The molecule has 0 unspecified atom stereocenters. The standard InChI is InChI=1S/C22H22N2O4/c1-23(2)10-5-6-11-24-12-9-15-18(24)22(28)17-16(21(15)27)19(25)13-7-3-4-8-14(13)20(17)26/h3-4,7-9,12,25-26H,5-6,10-11H2,1-2H3. The van der Waals surface area contributed by atoms with Crippen LogP contribution in [0.25, 0.3) is 10.8 Å². The zero-order chi connectivity index (χ0) is 20.0. The number of unbranched alkanes of at least 4 members (excludes halogenated alkanes) is 1. The van der Waals surface area contributed by atoms with E-state index in [0.29, 0.717) is 17.3 Å². The predicted molar refractivity (Wildman–Crippen MR) is 106 cm³/mol. The second-order valence-electron chi connectivity index (χ2n) is 7.43. The largest absolute Gasteiger partial charge is 0.506 e.